The van der Waals surface area contributed by atoms with E-state index in [0.717, 1.165) is 18.4 Å². The summed E-state index contributed by atoms with van der Waals surface area (Å²) in [5, 5.41) is 3.59. The Hall–Kier alpha value is -2.88. The molecule has 4 rings (SSSR count). The molecule has 1 saturated heterocycles. The first-order valence-corrected chi connectivity index (χ1v) is 10.0. The summed E-state index contributed by atoms with van der Waals surface area (Å²) in [6.45, 7) is 0.401. The lowest BCUT2D eigenvalue weighted by molar-refractivity contribution is -0.122. The number of nitrogens with zero attached hydrogens (tertiary/aromatic N) is 4. The number of halogens is 2. The van der Waals surface area contributed by atoms with E-state index in [1.165, 1.54) is 17.7 Å². The Labute approximate surface area is 169 Å². The van der Waals surface area contributed by atoms with E-state index >= 15 is 0 Å². The zero-order valence-corrected chi connectivity index (χ0v) is 16.2. The van der Waals surface area contributed by atoms with Crippen LogP contribution in [0.25, 0.3) is 10.3 Å². The lowest BCUT2D eigenvalue weighted by Crippen LogP contribution is -2.43. The van der Waals surface area contributed by atoms with Crippen molar-refractivity contribution < 1.29 is 18.3 Å². The molecule has 152 valence electrons. The van der Waals surface area contributed by atoms with Crippen LogP contribution in [-0.2, 0) is 11.3 Å². The van der Waals surface area contributed by atoms with Crippen molar-refractivity contribution in [3.63, 3.8) is 0 Å². The summed E-state index contributed by atoms with van der Waals surface area (Å²) in [4.78, 5) is 27.2. The van der Waals surface area contributed by atoms with Crippen molar-refractivity contribution in [3.8, 4) is 5.88 Å². The van der Waals surface area contributed by atoms with E-state index in [2.05, 4.69) is 20.3 Å². The molecule has 7 nitrogen and oxygen atoms in total. The first-order valence-electron chi connectivity index (χ1n) is 9.22. The molecule has 1 aliphatic heterocycles. The van der Waals surface area contributed by atoms with E-state index in [1.54, 1.807) is 0 Å². The molecule has 3 heterocycles. The zero-order valence-electron chi connectivity index (χ0n) is 15.4. The van der Waals surface area contributed by atoms with Gasteiger partial charge in [0, 0.05) is 13.1 Å². The van der Waals surface area contributed by atoms with Gasteiger partial charge in [-0.05, 0) is 18.4 Å². The number of hydrogen-bond acceptors (Lipinski definition) is 7. The number of carbonyl (C=O) groups is 1. The molecule has 1 aromatic carbocycles. The van der Waals surface area contributed by atoms with Gasteiger partial charge in [0.1, 0.15) is 17.1 Å². The number of anilines is 1. The van der Waals surface area contributed by atoms with Gasteiger partial charge in [-0.3, -0.25) is 4.79 Å². The molecule has 0 unspecified atom stereocenters. The monoisotopic (exact) mass is 419 g/mol. The smallest absolute Gasteiger partial charge is 0.272 e. The van der Waals surface area contributed by atoms with Crippen LogP contribution in [0.4, 0.5) is 13.9 Å². The number of rotatable bonds is 7. The van der Waals surface area contributed by atoms with Crippen LogP contribution in [0.2, 0.25) is 0 Å². The summed E-state index contributed by atoms with van der Waals surface area (Å²) >= 11 is 1.25. The quantitative estimate of drug-likeness (QED) is 0.634. The molecule has 1 amide bonds. The van der Waals surface area contributed by atoms with E-state index in [-0.39, 0.29) is 17.8 Å². The van der Waals surface area contributed by atoms with Crippen molar-refractivity contribution in [2.45, 2.75) is 31.9 Å². The van der Waals surface area contributed by atoms with Crippen LogP contribution in [0.1, 0.15) is 18.4 Å². The molecule has 1 aliphatic rings. The maximum Gasteiger partial charge on any atom is 0.272 e. The molecule has 29 heavy (non-hydrogen) atoms. The van der Waals surface area contributed by atoms with Crippen LogP contribution >= 0.6 is 11.3 Å². The van der Waals surface area contributed by atoms with E-state index in [0.29, 0.717) is 28.6 Å². The third kappa shape index (κ3) is 4.42. The first-order chi connectivity index (χ1) is 14.1. The second kappa shape index (κ2) is 8.64. The number of thiazole rings is 1. The number of nitrogens with one attached hydrogen (secondary N) is 1. The van der Waals surface area contributed by atoms with E-state index in [9.17, 15) is 13.6 Å². The maximum atomic E-state index is 12.8. The molecule has 2 aromatic heterocycles. The van der Waals surface area contributed by atoms with Gasteiger partial charge < -0.3 is 15.0 Å². The second-order valence-corrected chi connectivity index (χ2v) is 7.56. The number of aromatic nitrogens is 3. The Morgan fingerprint density at radius 3 is 2.93 bits per heavy atom. The molecule has 0 radical (unpaired) electrons. The minimum Gasteiger partial charge on any atom is -0.470 e. The van der Waals surface area contributed by atoms with Crippen LogP contribution in [0, 0.1) is 0 Å². The van der Waals surface area contributed by atoms with Gasteiger partial charge in [0.05, 0.1) is 0 Å². The number of ether oxygens (including phenoxy) is 1. The summed E-state index contributed by atoms with van der Waals surface area (Å²) in [7, 11) is 0. The molecule has 3 aromatic rings. The van der Waals surface area contributed by atoms with Crippen molar-refractivity contribution in [2.24, 2.45) is 0 Å². The number of fused-ring (bicyclic) bond motifs is 1. The van der Waals surface area contributed by atoms with Gasteiger partial charge >= 0.3 is 0 Å². The highest BCUT2D eigenvalue weighted by Gasteiger charge is 2.33. The van der Waals surface area contributed by atoms with E-state index in [4.69, 9.17) is 4.74 Å². The van der Waals surface area contributed by atoms with Gasteiger partial charge in [-0.25, -0.2) is 18.7 Å². The first kappa shape index (κ1) is 19.4. The highest BCUT2D eigenvalue weighted by atomic mass is 32.1. The van der Waals surface area contributed by atoms with Gasteiger partial charge in [0.2, 0.25) is 11.8 Å². The predicted octanol–water partition coefficient (Wildman–Crippen LogP) is 3.02. The lowest BCUT2D eigenvalue weighted by atomic mass is 10.2. The molecule has 1 atom stereocenters. The Morgan fingerprint density at radius 2 is 2.14 bits per heavy atom. The Balaban J connectivity index is 1.50. The lowest BCUT2D eigenvalue weighted by Gasteiger charge is -2.23. The normalized spacial score (nSPS) is 16.5. The van der Waals surface area contributed by atoms with Crippen LogP contribution in [0.3, 0.4) is 0 Å². The molecule has 0 saturated carbocycles. The molecule has 10 heteroatoms. The van der Waals surface area contributed by atoms with Gasteiger partial charge in [0.25, 0.3) is 6.43 Å². The van der Waals surface area contributed by atoms with Gasteiger partial charge in [-0.15, -0.1) is 0 Å². The fourth-order valence-electron chi connectivity index (χ4n) is 3.26. The molecule has 0 aliphatic carbocycles. The average Bonchev–Trinajstić information content (AvgIpc) is 3.38. The molecule has 1 fully saturated rings. The maximum absolute atomic E-state index is 12.8. The number of hydrogen-bond donors (Lipinski definition) is 1. The molecule has 1 N–H and O–H groups in total. The largest absolute Gasteiger partial charge is 0.470 e. The number of alkyl halides is 2. The standard InChI is InChI=1S/C19H19F2N5O2S/c20-14(21)10-28-18-15-16(23-11-24-18)25-19(29-15)26-8-4-7-13(26)17(27)22-9-12-5-2-1-3-6-12/h1-3,5-6,11,13-14H,4,7-10H2,(H,22,27)/t13-/m1/s1. The third-order valence-electron chi connectivity index (χ3n) is 4.60. The van der Waals surface area contributed by atoms with Crippen molar-refractivity contribution in [3.05, 3.63) is 42.2 Å². The minimum absolute atomic E-state index is 0.0640. The topological polar surface area (TPSA) is 80.2 Å². The summed E-state index contributed by atoms with van der Waals surface area (Å²) in [5.74, 6) is 0.0224. The summed E-state index contributed by atoms with van der Waals surface area (Å²) in [6.07, 6.45) is 0.223. The highest BCUT2D eigenvalue weighted by Crippen LogP contribution is 2.36. The van der Waals surface area contributed by atoms with E-state index in [1.807, 2.05) is 35.2 Å². The fourth-order valence-corrected chi connectivity index (χ4v) is 4.30. The van der Waals surface area contributed by atoms with Crippen LogP contribution < -0.4 is 15.0 Å². The van der Waals surface area contributed by atoms with Crippen molar-refractivity contribution in [2.75, 3.05) is 18.1 Å². The summed E-state index contributed by atoms with van der Waals surface area (Å²) in [5.41, 5.74) is 1.40. The summed E-state index contributed by atoms with van der Waals surface area (Å²) in [6, 6.07) is 9.37. The van der Waals surface area contributed by atoms with Crippen molar-refractivity contribution in [1.82, 2.24) is 20.3 Å². The summed E-state index contributed by atoms with van der Waals surface area (Å²) < 4.78 is 30.5. The zero-order chi connectivity index (χ0) is 20.2. The number of amides is 1. The third-order valence-corrected chi connectivity index (χ3v) is 5.67. The second-order valence-electron chi connectivity index (χ2n) is 6.58. The highest BCUT2D eigenvalue weighted by molar-refractivity contribution is 7.22. The average molecular weight is 419 g/mol. The number of carbonyl (C=O) groups excluding carboxylic acids is 1. The number of benzene rings is 1. The molecular formula is C19H19F2N5O2S. The van der Waals surface area contributed by atoms with Crippen molar-refractivity contribution in [1.29, 1.82) is 0 Å². The van der Waals surface area contributed by atoms with Crippen LogP contribution in [0.5, 0.6) is 5.88 Å². The fraction of sp³-hybridized carbons (Fsp3) is 0.368. The van der Waals surface area contributed by atoms with Crippen LogP contribution in [-0.4, -0.2) is 46.5 Å². The SMILES string of the molecule is O=C(NCc1ccccc1)[C@H]1CCCN1c1nc2ncnc(OCC(F)F)c2s1. The van der Waals surface area contributed by atoms with Gasteiger partial charge in [0.15, 0.2) is 17.4 Å². The van der Waals surface area contributed by atoms with E-state index < -0.39 is 13.0 Å². The van der Waals surface area contributed by atoms with Crippen molar-refractivity contribution >= 4 is 32.7 Å². The minimum atomic E-state index is -2.59. The Bertz CT molecular complexity index is 985. The Kier molecular flexibility index (Phi) is 5.79. The predicted molar refractivity (Wildman–Crippen MR) is 105 cm³/mol. The molecule has 0 bridgehead atoms. The Morgan fingerprint density at radius 1 is 1.31 bits per heavy atom. The van der Waals surface area contributed by atoms with Gasteiger partial charge in [-0.1, -0.05) is 41.7 Å². The molecular weight excluding hydrogens is 400 g/mol. The van der Waals surface area contributed by atoms with Crippen LogP contribution in [0.15, 0.2) is 36.7 Å². The molecule has 0 spiro atoms. The van der Waals surface area contributed by atoms with Gasteiger partial charge in [-0.2, -0.15) is 4.98 Å².